The van der Waals surface area contributed by atoms with Crippen LogP contribution in [0.5, 0.6) is 0 Å². The van der Waals surface area contributed by atoms with E-state index in [0.717, 1.165) is 16.8 Å². The third kappa shape index (κ3) is 4.48. The smallest absolute Gasteiger partial charge is 0.288 e. The normalized spacial score (nSPS) is 18.8. The number of nitrogens with one attached hydrogen (secondary N) is 1. The lowest BCUT2D eigenvalue weighted by Gasteiger charge is -2.40. The first-order valence-corrected chi connectivity index (χ1v) is 12.1. The number of carbonyl (C=O) groups excluding carboxylic acids is 1. The lowest BCUT2D eigenvalue weighted by molar-refractivity contribution is 0.0928. The number of nitrogens with zero attached hydrogens (tertiary/aromatic N) is 3. The highest BCUT2D eigenvalue weighted by atomic mass is 35.5. The second-order valence-corrected chi connectivity index (χ2v) is 10.4. The van der Waals surface area contributed by atoms with Gasteiger partial charge in [-0.1, -0.05) is 35.9 Å². The Kier molecular flexibility index (Phi) is 6.04. The maximum atomic E-state index is 13.0. The first-order valence-electron chi connectivity index (χ1n) is 9.81. The largest absolute Gasteiger partial charge is 0.343 e. The summed E-state index contributed by atoms with van der Waals surface area (Å²) in [5.41, 5.74) is 2.51. The van der Waals surface area contributed by atoms with E-state index < -0.39 is 10.6 Å². The highest BCUT2D eigenvalue weighted by Gasteiger charge is 2.25. The minimum atomic E-state index is -2.44. The summed E-state index contributed by atoms with van der Waals surface area (Å²) in [4.78, 5) is 19.8. The molecule has 1 saturated heterocycles. The van der Waals surface area contributed by atoms with Gasteiger partial charge in [0.05, 0.1) is 28.8 Å². The van der Waals surface area contributed by atoms with Crippen molar-refractivity contribution in [1.29, 1.82) is 0 Å². The first kappa shape index (κ1) is 21.1. The number of benzene rings is 1. The Morgan fingerprint density at radius 1 is 1.20 bits per heavy atom. The van der Waals surface area contributed by atoms with Gasteiger partial charge in [-0.15, -0.1) is 0 Å². The van der Waals surface area contributed by atoms with Gasteiger partial charge < -0.3 is 5.32 Å². The van der Waals surface area contributed by atoms with E-state index >= 15 is 0 Å². The average molecular weight is 449 g/mol. The summed E-state index contributed by atoms with van der Waals surface area (Å²) in [7, 11) is -2.44. The van der Waals surface area contributed by atoms with Crippen LogP contribution in [0.15, 0.2) is 48.7 Å². The summed E-state index contributed by atoms with van der Waals surface area (Å²) in [5.74, 6) is 0.798. The number of hydrogen-bond donors (Lipinski definition) is 3. The zero-order valence-corrected chi connectivity index (χ0v) is 18.2. The van der Waals surface area contributed by atoms with Crippen molar-refractivity contribution in [2.75, 3.05) is 24.6 Å². The topological polar surface area (TPSA) is 90.1 Å². The highest BCUT2D eigenvalue weighted by molar-refractivity contribution is 8.24. The van der Waals surface area contributed by atoms with Crippen molar-refractivity contribution in [2.24, 2.45) is 0 Å². The van der Waals surface area contributed by atoms with Crippen LogP contribution in [0.3, 0.4) is 0 Å². The molecule has 3 heterocycles. The molecule has 3 aromatic rings. The van der Waals surface area contributed by atoms with Gasteiger partial charge in [0, 0.05) is 30.9 Å². The van der Waals surface area contributed by atoms with Gasteiger partial charge >= 0.3 is 0 Å². The monoisotopic (exact) mass is 448 g/mol. The molecule has 7 nitrogen and oxygen atoms in total. The second-order valence-electron chi connectivity index (χ2n) is 7.54. The van der Waals surface area contributed by atoms with Gasteiger partial charge in [0.1, 0.15) is 0 Å². The van der Waals surface area contributed by atoms with Crippen LogP contribution >= 0.6 is 22.2 Å². The number of pyridine rings is 1. The van der Waals surface area contributed by atoms with Gasteiger partial charge in [0.25, 0.3) is 5.91 Å². The van der Waals surface area contributed by atoms with Crippen LogP contribution < -0.4 is 5.32 Å². The maximum absolute atomic E-state index is 13.0. The van der Waals surface area contributed by atoms with Crippen LogP contribution in [-0.2, 0) is 6.54 Å². The number of carbonyl (C=O) groups is 1. The molecule has 0 saturated carbocycles. The van der Waals surface area contributed by atoms with Crippen LogP contribution in [0, 0.1) is 0 Å². The fourth-order valence-corrected chi connectivity index (χ4v) is 5.28. The zero-order chi connectivity index (χ0) is 21.3. The van der Waals surface area contributed by atoms with Crippen LogP contribution in [0.1, 0.15) is 34.8 Å². The van der Waals surface area contributed by atoms with Gasteiger partial charge in [-0.05, 0) is 30.7 Å². The summed E-state index contributed by atoms with van der Waals surface area (Å²) in [5, 5.41) is 3.60. The summed E-state index contributed by atoms with van der Waals surface area (Å²) in [6.45, 7) is 3.64. The second kappa shape index (κ2) is 8.56. The summed E-state index contributed by atoms with van der Waals surface area (Å²) in [6, 6.07) is 12.9. The Balaban J connectivity index is 1.56. The number of amides is 1. The molecule has 2 aromatic heterocycles. The van der Waals surface area contributed by atoms with E-state index in [2.05, 4.69) is 15.2 Å². The number of aromatic nitrogens is 2. The van der Waals surface area contributed by atoms with Crippen LogP contribution in [0.25, 0.3) is 5.52 Å². The molecule has 4 rings (SSSR count). The molecule has 9 heteroatoms. The number of halogens is 1. The van der Waals surface area contributed by atoms with Gasteiger partial charge in [0.2, 0.25) is 5.82 Å². The molecule has 1 aliphatic heterocycles. The molecule has 1 fully saturated rings. The van der Waals surface area contributed by atoms with Crippen molar-refractivity contribution >= 4 is 33.6 Å². The molecule has 3 N–H and O–H groups in total. The predicted octanol–water partition coefficient (Wildman–Crippen LogP) is 4.04. The lowest BCUT2D eigenvalue weighted by Crippen LogP contribution is -2.37. The van der Waals surface area contributed by atoms with Crippen molar-refractivity contribution in [2.45, 2.75) is 19.5 Å². The van der Waals surface area contributed by atoms with Crippen molar-refractivity contribution < 1.29 is 13.9 Å². The fourth-order valence-electron chi connectivity index (χ4n) is 3.68. The Hall–Kier alpha value is -2.10. The van der Waals surface area contributed by atoms with E-state index in [1.54, 1.807) is 10.5 Å². The zero-order valence-electron chi connectivity index (χ0n) is 16.7. The van der Waals surface area contributed by atoms with Crippen molar-refractivity contribution in [3.05, 3.63) is 70.8 Å². The molecule has 0 radical (unpaired) electrons. The van der Waals surface area contributed by atoms with E-state index in [1.165, 1.54) is 0 Å². The Morgan fingerprint density at radius 2 is 1.90 bits per heavy atom. The average Bonchev–Trinajstić information content (AvgIpc) is 3.08. The van der Waals surface area contributed by atoms with Crippen molar-refractivity contribution in [3.8, 4) is 0 Å². The molecule has 0 aliphatic carbocycles. The maximum Gasteiger partial charge on any atom is 0.288 e. The highest BCUT2D eigenvalue weighted by Crippen LogP contribution is 2.40. The summed E-state index contributed by atoms with van der Waals surface area (Å²) >= 11 is 6.26. The van der Waals surface area contributed by atoms with Gasteiger partial charge in [0.15, 0.2) is 0 Å². The SMILES string of the molecule is CC(NC(=O)c1nc(CN2CCS(O)(O)CC2)c2ccccn12)c1ccccc1Cl. The van der Waals surface area contributed by atoms with Crippen LogP contribution in [-0.4, -0.2) is 53.9 Å². The number of fused-ring (bicyclic) bond motifs is 1. The molecule has 1 amide bonds. The molecule has 0 spiro atoms. The van der Waals surface area contributed by atoms with E-state index in [4.69, 9.17) is 11.6 Å². The lowest BCUT2D eigenvalue weighted by atomic mass is 10.1. The minimum Gasteiger partial charge on any atom is -0.343 e. The van der Waals surface area contributed by atoms with Gasteiger partial charge in [-0.2, -0.15) is 10.6 Å². The molecular weight excluding hydrogens is 424 g/mol. The Labute approximate surface area is 182 Å². The number of hydrogen-bond acceptors (Lipinski definition) is 5. The molecule has 1 atom stereocenters. The van der Waals surface area contributed by atoms with E-state index in [0.29, 0.717) is 42.0 Å². The van der Waals surface area contributed by atoms with Crippen molar-refractivity contribution in [1.82, 2.24) is 19.6 Å². The molecule has 1 aromatic carbocycles. The summed E-state index contributed by atoms with van der Waals surface area (Å²) in [6.07, 6.45) is 1.83. The van der Waals surface area contributed by atoms with Crippen molar-refractivity contribution in [3.63, 3.8) is 0 Å². The van der Waals surface area contributed by atoms with Gasteiger partial charge in [-0.25, -0.2) is 4.98 Å². The Morgan fingerprint density at radius 3 is 2.63 bits per heavy atom. The van der Waals surface area contributed by atoms with Gasteiger partial charge in [-0.3, -0.25) is 23.2 Å². The Bertz CT molecular complexity index is 1060. The molecule has 1 unspecified atom stereocenters. The van der Waals surface area contributed by atoms with E-state index in [-0.39, 0.29) is 11.9 Å². The third-order valence-electron chi connectivity index (χ3n) is 5.39. The summed E-state index contributed by atoms with van der Waals surface area (Å²) < 4.78 is 21.5. The standard InChI is InChI=1S/C21H25ClN4O3S/c1-15(16-6-2-3-7-17(16)22)23-21(27)20-24-18(19-8-4-5-9-26(19)20)14-25-10-12-30(28,29)13-11-25/h2-9,15,28-29H,10-14H2,1H3,(H,23,27). The number of imidazole rings is 1. The molecule has 0 bridgehead atoms. The minimum absolute atomic E-state index is 0.266. The molecule has 1 aliphatic rings. The fraction of sp³-hybridized carbons (Fsp3) is 0.333. The van der Waals surface area contributed by atoms with E-state index in [1.807, 2.05) is 49.5 Å². The predicted molar refractivity (Wildman–Crippen MR) is 120 cm³/mol. The van der Waals surface area contributed by atoms with Crippen LogP contribution in [0.4, 0.5) is 0 Å². The molecular formula is C21H25ClN4O3S. The quantitative estimate of drug-likeness (QED) is 0.548. The molecule has 30 heavy (non-hydrogen) atoms. The first-order chi connectivity index (χ1) is 14.3. The van der Waals surface area contributed by atoms with E-state index in [9.17, 15) is 13.9 Å². The third-order valence-corrected chi connectivity index (χ3v) is 7.41. The van der Waals surface area contributed by atoms with Crippen LogP contribution in [0.2, 0.25) is 5.02 Å². The molecule has 160 valence electrons. The number of rotatable bonds is 5.